The highest BCUT2D eigenvalue weighted by molar-refractivity contribution is 6.06. The van der Waals surface area contributed by atoms with Gasteiger partial charge < -0.3 is 10.6 Å². The first-order chi connectivity index (χ1) is 13.0. The molecule has 2 aromatic carbocycles. The molecule has 1 saturated carbocycles. The summed E-state index contributed by atoms with van der Waals surface area (Å²) in [5, 5.41) is 6.82. The number of hydrogen-bond donors (Lipinski definition) is 2. The second-order valence-electron chi connectivity index (χ2n) is 7.11. The number of rotatable bonds is 4. The number of carbonyl (C=O) groups is 2. The molecule has 4 rings (SSSR count). The summed E-state index contributed by atoms with van der Waals surface area (Å²) in [4.78, 5) is 29.4. The number of fused-ring (bicyclic) bond motifs is 1. The molecule has 1 fully saturated rings. The summed E-state index contributed by atoms with van der Waals surface area (Å²) in [5.41, 5.74) is 4.51. The van der Waals surface area contributed by atoms with Gasteiger partial charge in [0.1, 0.15) is 0 Å². The molecule has 0 spiro atoms. The maximum atomic E-state index is 12.6. The molecule has 1 aromatic heterocycles. The van der Waals surface area contributed by atoms with E-state index in [1.807, 2.05) is 62.4 Å². The molecule has 1 heterocycles. The van der Waals surface area contributed by atoms with Crippen LogP contribution in [-0.2, 0) is 9.59 Å². The van der Waals surface area contributed by atoms with Crippen LogP contribution >= 0.6 is 0 Å². The number of nitrogens with zero attached hydrogens (tertiary/aromatic N) is 1. The number of anilines is 2. The maximum Gasteiger partial charge on any atom is 0.228 e. The van der Waals surface area contributed by atoms with Crippen molar-refractivity contribution in [1.82, 2.24) is 4.98 Å². The van der Waals surface area contributed by atoms with Crippen LogP contribution in [0.5, 0.6) is 0 Å². The van der Waals surface area contributed by atoms with E-state index in [4.69, 9.17) is 0 Å². The number of aryl methyl sites for hydroxylation is 2. The van der Waals surface area contributed by atoms with Gasteiger partial charge in [0.25, 0.3) is 0 Å². The van der Waals surface area contributed by atoms with Gasteiger partial charge in [-0.2, -0.15) is 0 Å². The van der Waals surface area contributed by atoms with Crippen molar-refractivity contribution in [3.05, 3.63) is 65.9 Å². The summed E-state index contributed by atoms with van der Waals surface area (Å²) < 4.78 is 0. The minimum Gasteiger partial charge on any atom is -0.326 e. The van der Waals surface area contributed by atoms with Gasteiger partial charge in [0.05, 0.1) is 23.0 Å². The summed E-state index contributed by atoms with van der Waals surface area (Å²) in [5.74, 6) is -0.812. The second-order valence-corrected chi connectivity index (χ2v) is 7.11. The highest BCUT2D eigenvalue weighted by Gasteiger charge is 2.48. The summed E-state index contributed by atoms with van der Waals surface area (Å²) >= 11 is 0. The fraction of sp³-hybridized carbons (Fsp3) is 0.227. The third-order valence-corrected chi connectivity index (χ3v) is 5.13. The molecule has 5 nitrogen and oxygen atoms in total. The molecule has 0 radical (unpaired) electrons. The quantitative estimate of drug-likeness (QED) is 0.738. The molecule has 2 unspecified atom stereocenters. The summed E-state index contributed by atoms with van der Waals surface area (Å²) in [6.07, 6.45) is 2.27. The number of benzene rings is 2. The Morgan fingerprint density at radius 3 is 2.44 bits per heavy atom. The summed E-state index contributed by atoms with van der Waals surface area (Å²) in [6, 6.07) is 15.3. The Morgan fingerprint density at radius 2 is 1.67 bits per heavy atom. The van der Waals surface area contributed by atoms with E-state index < -0.39 is 0 Å². The smallest absolute Gasteiger partial charge is 0.228 e. The summed E-state index contributed by atoms with van der Waals surface area (Å²) in [6.45, 7) is 4.04. The highest BCUT2D eigenvalue weighted by atomic mass is 16.2. The second kappa shape index (κ2) is 6.83. The Hall–Kier alpha value is -3.21. The van der Waals surface area contributed by atoms with Crippen molar-refractivity contribution < 1.29 is 9.59 Å². The van der Waals surface area contributed by atoms with Crippen LogP contribution in [0.2, 0.25) is 0 Å². The van der Waals surface area contributed by atoms with Crippen LogP contribution in [-0.4, -0.2) is 16.8 Å². The maximum absolute atomic E-state index is 12.6. The number of para-hydroxylation sites is 1. The Bertz CT molecular complexity index is 1040. The molecule has 0 aliphatic heterocycles. The van der Waals surface area contributed by atoms with E-state index in [1.165, 1.54) is 5.56 Å². The molecular weight excluding hydrogens is 338 g/mol. The molecule has 1 aliphatic rings. The van der Waals surface area contributed by atoms with Crippen LogP contribution in [0.1, 0.15) is 17.5 Å². The number of aromatic nitrogens is 1. The Balaban J connectivity index is 1.41. The van der Waals surface area contributed by atoms with Crippen LogP contribution in [0.15, 0.2) is 54.7 Å². The predicted octanol–water partition coefficient (Wildman–Crippen LogP) is 4.06. The van der Waals surface area contributed by atoms with Crippen molar-refractivity contribution in [1.29, 1.82) is 0 Å². The minimum absolute atomic E-state index is 0.102. The van der Waals surface area contributed by atoms with Crippen molar-refractivity contribution in [3.8, 4) is 0 Å². The van der Waals surface area contributed by atoms with E-state index >= 15 is 0 Å². The minimum atomic E-state index is -0.296. The number of amides is 2. The number of carbonyl (C=O) groups excluding carboxylic acids is 2. The van der Waals surface area contributed by atoms with E-state index in [1.54, 1.807) is 6.20 Å². The van der Waals surface area contributed by atoms with Crippen molar-refractivity contribution in [2.24, 2.45) is 11.8 Å². The standard InChI is InChI=1S/C22H21N3O2/c1-13-8-9-16(11-14(13)2)24-21(26)17-12-18(17)22(27)25-19-7-3-5-15-6-4-10-23-20(15)19/h3-11,17-18H,12H2,1-2H3,(H,24,26)(H,25,27). The van der Waals surface area contributed by atoms with Crippen LogP contribution in [0, 0.1) is 25.7 Å². The van der Waals surface area contributed by atoms with Gasteiger partial charge in [0.2, 0.25) is 11.8 Å². The van der Waals surface area contributed by atoms with Gasteiger partial charge in [-0.05, 0) is 55.7 Å². The molecule has 2 atom stereocenters. The van der Waals surface area contributed by atoms with Crippen molar-refractivity contribution in [2.45, 2.75) is 20.3 Å². The van der Waals surface area contributed by atoms with Gasteiger partial charge in [0, 0.05) is 17.3 Å². The molecule has 5 heteroatoms. The van der Waals surface area contributed by atoms with Crippen molar-refractivity contribution in [3.63, 3.8) is 0 Å². The topological polar surface area (TPSA) is 71.1 Å². The van der Waals surface area contributed by atoms with Gasteiger partial charge in [0.15, 0.2) is 0 Å². The zero-order valence-corrected chi connectivity index (χ0v) is 15.3. The monoisotopic (exact) mass is 359 g/mol. The lowest BCUT2D eigenvalue weighted by Gasteiger charge is -2.09. The Morgan fingerprint density at radius 1 is 0.926 bits per heavy atom. The van der Waals surface area contributed by atoms with Gasteiger partial charge in [-0.3, -0.25) is 14.6 Å². The van der Waals surface area contributed by atoms with Crippen molar-refractivity contribution >= 4 is 34.1 Å². The predicted molar refractivity (Wildman–Crippen MR) is 107 cm³/mol. The number of pyridine rings is 1. The first-order valence-electron chi connectivity index (χ1n) is 9.05. The molecule has 2 amide bonds. The van der Waals surface area contributed by atoms with E-state index in [2.05, 4.69) is 15.6 Å². The van der Waals surface area contributed by atoms with Gasteiger partial charge >= 0.3 is 0 Å². The lowest BCUT2D eigenvalue weighted by atomic mass is 10.1. The molecule has 136 valence electrons. The van der Waals surface area contributed by atoms with Gasteiger partial charge in [-0.15, -0.1) is 0 Å². The molecule has 2 N–H and O–H groups in total. The van der Waals surface area contributed by atoms with E-state index in [0.717, 1.165) is 22.2 Å². The Kier molecular flexibility index (Phi) is 4.36. The Labute approximate surface area is 157 Å². The fourth-order valence-electron chi connectivity index (χ4n) is 3.26. The third kappa shape index (κ3) is 3.53. The first-order valence-corrected chi connectivity index (χ1v) is 9.05. The van der Waals surface area contributed by atoms with Crippen LogP contribution in [0.3, 0.4) is 0 Å². The number of nitrogens with one attached hydrogen (secondary N) is 2. The molecule has 27 heavy (non-hydrogen) atoms. The number of hydrogen-bond acceptors (Lipinski definition) is 3. The molecule has 0 saturated heterocycles. The van der Waals surface area contributed by atoms with E-state index in [0.29, 0.717) is 12.1 Å². The molecular formula is C22H21N3O2. The van der Waals surface area contributed by atoms with Crippen LogP contribution in [0.4, 0.5) is 11.4 Å². The summed E-state index contributed by atoms with van der Waals surface area (Å²) in [7, 11) is 0. The average molecular weight is 359 g/mol. The lowest BCUT2D eigenvalue weighted by Crippen LogP contribution is -2.20. The molecule has 3 aromatic rings. The highest BCUT2D eigenvalue weighted by Crippen LogP contribution is 2.40. The van der Waals surface area contributed by atoms with Crippen LogP contribution < -0.4 is 10.6 Å². The van der Waals surface area contributed by atoms with Crippen LogP contribution in [0.25, 0.3) is 10.9 Å². The first kappa shape index (κ1) is 17.2. The molecule has 1 aliphatic carbocycles. The normalized spacial score (nSPS) is 18.1. The fourth-order valence-corrected chi connectivity index (χ4v) is 3.26. The zero-order valence-electron chi connectivity index (χ0n) is 15.3. The van der Waals surface area contributed by atoms with E-state index in [9.17, 15) is 9.59 Å². The largest absolute Gasteiger partial charge is 0.326 e. The average Bonchev–Trinajstić information content (AvgIpc) is 3.46. The zero-order chi connectivity index (χ0) is 19.0. The van der Waals surface area contributed by atoms with Gasteiger partial charge in [-0.1, -0.05) is 24.3 Å². The SMILES string of the molecule is Cc1ccc(NC(=O)C2CC2C(=O)Nc2cccc3cccnc23)cc1C. The third-order valence-electron chi connectivity index (χ3n) is 5.13. The van der Waals surface area contributed by atoms with Crippen molar-refractivity contribution in [2.75, 3.05) is 10.6 Å². The van der Waals surface area contributed by atoms with Gasteiger partial charge in [-0.25, -0.2) is 0 Å². The molecule has 0 bridgehead atoms. The lowest BCUT2D eigenvalue weighted by molar-refractivity contribution is -0.122. The van der Waals surface area contributed by atoms with E-state index in [-0.39, 0.29) is 23.7 Å².